The molecule has 0 aromatic heterocycles. The summed E-state index contributed by atoms with van der Waals surface area (Å²) < 4.78 is 23.7. The number of halogens is 1. The van der Waals surface area contributed by atoms with E-state index in [1.807, 2.05) is 6.92 Å². The molecule has 1 N–H and O–H groups in total. The maximum absolute atomic E-state index is 12.2. The molecule has 1 heterocycles. The number of nitrogens with zero attached hydrogens (tertiary/aromatic N) is 2. The zero-order valence-electron chi connectivity index (χ0n) is 16.4. The van der Waals surface area contributed by atoms with Gasteiger partial charge in [-0.3, -0.25) is 4.99 Å². The molecule has 0 spiro atoms. The van der Waals surface area contributed by atoms with Crippen LogP contribution >= 0.6 is 24.0 Å². The van der Waals surface area contributed by atoms with Crippen LogP contribution < -0.4 is 5.32 Å². The average molecular weight is 493 g/mol. The molecule has 0 aliphatic carbocycles. The topological polar surface area (TPSA) is 61.8 Å². The predicted octanol–water partition coefficient (Wildman–Crippen LogP) is 3.19. The highest BCUT2D eigenvalue weighted by Gasteiger charge is 2.40. The van der Waals surface area contributed by atoms with Crippen molar-refractivity contribution >= 4 is 39.8 Å². The zero-order valence-corrected chi connectivity index (χ0v) is 19.6. The minimum atomic E-state index is -3.05. The Morgan fingerprint density at radius 3 is 2.46 bits per heavy atom. The van der Waals surface area contributed by atoms with E-state index in [0.29, 0.717) is 25.6 Å². The number of sulfone groups is 1. The van der Waals surface area contributed by atoms with Crippen molar-refractivity contribution in [3.63, 3.8) is 0 Å². The highest BCUT2D eigenvalue weighted by Crippen LogP contribution is 2.24. The van der Waals surface area contributed by atoms with Crippen molar-refractivity contribution in [2.45, 2.75) is 45.3 Å². The number of guanidine groups is 1. The second kappa shape index (κ2) is 9.39. The van der Waals surface area contributed by atoms with Crippen molar-refractivity contribution in [2.75, 3.05) is 31.9 Å². The number of hydrogen-bond acceptors (Lipinski definition) is 3. The van der Waals surface area contributed by atoms with E-state index in [4.69, 9.17) is 4.99 Å². The third-order valence-electron chi connectivity index (χ3n) is 4.84. The van der Waals surface area contributed by atoms with Crippen LogP contribution in [0.2, 0.25) is 0 Å². The normalized spacial score (nSPS) is 20.2. The summed E-state index contributed by atoms with van der Waals surface area (Å²) in [6.07, 6.45) is 0. The second-order valence-electron chi connectivity index (χ2n) is 7.51. The summed E-state index contributed by atoms with van der Waals surface area (Å²) in [6, 6.07) is 8.55. The van der Waals surface area contributed by atoms with Crippen LogP contribution in [0.25, 0.3) is 0 Å². The van der Waals surface area contributed by atoms with Gasteiger partial charge in [0, 0.05) is 32.1 Å². The van der Waals surface area contributed by atoms with Gasteiger partial charge in [0.05, 0.1) is 10.5 Å². The van der Waals surface area contributed by atoms with Crippen molar-refractivity contribution in [3.8, 4) is 0 Å². The number of rotatable bonds is 4. The monoisotopic (exact) mass is 493 g/mol. The average Bonchev–Trinajstić information content (AvgIpc) is 2.54. The van der Waals surface area contributed by atoms with Crippen LogP contribution in [0.1, 0.15) is 44.7 Å². The molecule has 0 bridgehead atoms. The lowest BCUT2D eigenvalue weighted by atomic mass is 10.0. The highest BCUT2D eigenvalue weighted by molar-refractivity contribution is 14.0. The Kier molecular flexibility index (Phi) is 8.38. The van der Waals surface area contributed by atoms with E-state index >= 15 is 0 Å². The van der Waals surface area contributed by atoms with E-state index in [2.05, 4.69) is 48.3 Å². The van der Waals surface area contributed by atoms with Gasteiger partial charge in [-0.2, -0.15) is 0 Å². The number of benzene rings is 1. The van der Waals surface area contributed by atoms with Gasteiger partial charge in [-0.15, -0.1) is 24.0 Å². The molecule has 1 aromatic carbocycles. The van der Waals surface area contributed by atoms with Gasteiger partial charge in [0.1, 0.15) is 0 Å². The Labute approximate surface area is 175 Å². The lowest BCUT2D eigenvalue weighted by Gasteiger charge is -2.39. The molecule has 1 atom stereocenters. The molecule has 1 aliphatic rings. The van der Waals surface area contributed by atoms with Gasteiger partial charge in [-0.25, -0.2) is 8.42 Å². The number of aliphatic imine (C=N–C) groups is 1. The maximum atomic E-state index is 12.2. The van der Waals surface area contributed by atoms with Crippen molar-refractivity contribution in [2.24, 2.45) is 4.99 Å². The van der Waals surface area contributed by atoms with Crippen LogP contribution in [-0.2, 0) is 9.84 Å². The first-order valence-electron chi connectivity index (χ1n) is 8.98. The Hall–Kier alpha value is -0.830. The molecular formula is C19H32IN3O2S. The largest absolute Gasteiger partial charge is 0.357 e. The van der Waals surface area contributed by atoms with Crippen LogP contribution in [0.4, 0.5) is 0 Å². The van der Waals surface area contributed by atoms with Crippen LogP contribution in [0.3, 0.4) is 0 Å². The van der Waals surface area contributed by atoms with Gasteiger partial charge in [0.15, 0.2) is 15.8 Å². The van der Waals surface area contributed by atoms with Gasteiger partial charge in [-0.1, -0.05) is 36.8 Å². The molecule has 2 rings (SSSR count). The first-order valence-corrected chi connectivity index (χ1v) is 10.6. The first-order chi connectivity index (χ1) is 11.7. The van der Waals surface area contributed by atoms with Gasteiger partial charge in [0.2, 0.25) is 0 Å². The van der Waals surface area contributed by atoms with E-state index in [9.17, 15) is 8.42 Å². The first kappa shape index (κ1) is 23.2. The van der Waals surface area contributed by atoms with Crippen molar-refractivity contribution in [3.05, 3.63) is 35.4 Å². The van der Waals surface area contributed by atoms with Gasteiger partial charge in [-0.05, 0) is 33.3 Å². The summed E-state index contributed by atoms with van der Waals surface area (Å²) in [5, 5.41) is 3.31. The summed E-state index contributed by atoms with van der Waals surface area (Å²) in [5.74, 6) is 1.30. The third-order valence-corrected chi connectivity index (χ3v) is 7.37. The Bertz CT molecular complexity index is 715. The summed E-state index contributed by atoms with van der Waals surface area (Å²) in [5.41, 5.74) is 2.52. The molecule has 1 unspecified atom stereocenters. The minimum absolute atomic E-state index is 0. The van der Waals surface area contributed by atoms with E-state index in [1.54, 1.807) is 13.8 Å². The van der Waals surface area contributed by atoms with E-state index < -0.39 is 14.6 Å². The van der Waals surface area contributed by atoms with Crippen LogP contribution in [-0.4, -0.2) is 56.0 Å². The second-order valence-corrected chi connectivity index (χ2v) is 10.2. The Morgan fingerprint density at radius 2 is 1.92 bits per heavy atom. The number of aryl methyl sites for hydroxylation is 1. The predicted molar refractivity (Wildman–Crippen MR) is 120 cm³/mol. The van der Waals surface area contributed by atoms with Crippen LogP contribution in [0.5, 0.6) is 0 Å². The van der Waals surface area contributed by atoms with E-state index in [-0.39, 0.29) is 29.7 Å². The highest BCUT2D eigenvalue weighted by atomic mass is 127. The lowest BCUT2D eigenvalue weighted by Crippen LogP contribution is -2.57. The van der Waals surface area contributed by atoms with Gasteiger partial charge >= 0.3 is 0 Å². The molecule has 0 radical (unpaired) electrons. The lowest BCUT2D eigenvalue weighted by molar-refractivity contribution is 0.353. The number of nitrogens with one attached hydrogen (secondary N) is 1. The number of hydrogen-bond donors (Lipinski definition) is 1. The smallest absolute Gasteiger partial charge is 0.194 e. The molecule has 148 valence electrons. The quantitative estimate of drug-likeness (QED) is 0.398. The van der Waals surface area contributed by atoms with Crippen molar-refractivity contribution in [1.29, 1.82) is 0 Å². The van der Waals surface area contributed by atoms with E-state index in [1.165, 1.54) is 11.1 Å². The minimum Gasteiger partial charge on any atom is -0.357 e. The SMILES string of the molecule is CCNC(=NCC(C)c1ccc(C)cc1)N1CCS(=O)(=O)C(C)(C)C1.I. The van der Waals surface area contributed by atoms with Crippen LogP contribution in [0.15, 0.2) is 29.3 Å². The fraction of sp³-hybridized carbons (Fsp3) is 0.632. The zero-order chi connectivity index (χ0) is 18.7. The molecule has 0 amide bonds. The standard InChI is InChI=1S/C19H31N3O2S.HI/c1-6-20-18(22-11-12-25(23,24)19(4,5)14-22)21-13-16(3)17-9-7-15(2)8-10-17;/h7-10,16H,6,11-14H2,1-5H3,(H,20,21);1H. The fourth-order valence-electron chi connectivity index (χ4n) is 2.97. The van der Waals surface area contributed by atoms with E-state index in [0.717, 1.165) is 12.5 Å². The van der Waals surface area contributed by atoms with Crippen LogP contribution in [0, 0.1) is 6.92 Å². The molecular weight excluding hydrogens is 461 g/mol. The van der Waals surface area contributed by atoms with Crippen molar-refractivity contribution in [1.82, 2.24) is 10.2 Å². The molecule has 1 aliphatic heterocycles. The molecule has 1 fully saturated rings. The summed E-state index contributed by atoms with van der Waals surface area (Å²) in [7, 11) is -3.05. The maximum Gasteiger partial charge on any atom is 0.194 e. The van der Waals surface area contributed by atoms with Gasteiger partial charge in [0.25, 0.3) is 0 Å². The molecule has 1 aromatic rings. The Morgan fingerprint density at radius 1 is 1.31 bits per heavy atom. The Balaban J connectivity index is 0.00000338. The van der Waals surface area contributed by atoms with Gasteiger partial charge < -0.3 is 10.2 Å². The molecule has 5 nitrogen and oxygen atoms in total. The molecule has 7 heteroatoms. The molecule has 26 heavy (non-hydrogen) atoms. The summed E-state index contributed by atoms with van der Waals surface area (Å²) >= 11 is 0. The van der Waals surface area contributed by atoms with Crippen molar-refractivity contribution < 1.29 is 8.42 Å². The third kappa shape index (κ3) is 5.58. The molecule has 1 saturated heterocycles. The summed E-state index contributed by atoms with van der Waals surface area (Å²) in [4.78, 5) is 6.86. The molecule has 0 saturated carbocycles. The fourth-order valence-corrected chi connectivity index (χ4v) is 4.34. The summed E-state index contributed by atoms with van der Waals surface area (Å²) in [6.45, 7) is 12.3.